The van der Waals surface area contributed by atoms with Gasteiger partial charge in [0.1, 0.15) is 13.6 Å². The smallest absolute Gasteiger partial charge is 0.203 e. The van der Waals surface area contributed by atoms with Crippen molar-refractivity contribution in [2.75, 3.05) is 27.9 Å². The Kier molecular flexibility index (Phi) is 8.39. The van der Waals surface area contributed by atoms with Crippen LogP contribution in [0, 0.1) is 50.7 Å². The lowest BCUT2D eigenvalue weighted by atomic mass is 9.31. The molecule has 1 saturated heterocycles. The Bertz CT molecular complexity index is 1610. The molecular formula is C41H62IN3O4. The third-order valence-electron chi connectivity index (χ3n) is 16.7. The summed E-state index contributed by atoms with van der Waals surface area (Å²) < 4.78 is 28.4. The molecule has 9 atom stereocenters. The largest absolute Gasteiger partial charge is 1.00 e. The van der Waals surface area contributed by atoms with Gasteiger partial charge in [-0.2, -0.15) is 0 Å². The van der Waals surface area contributed by atoms with Gasteiger partial charge in [0.15, 0.2) is 22.9 Å². The number of benzene rings is 1. The maximum atomic E-state index is 6.83. The summed E-state index contributed by atoms with van der Waals surface area (Å²) in [4.78, 5) is 0. The third-order valence-corrected chi connectivity index (χ3v) is 16.7. The summed E-state index contributed by atoms with van der Waals surface area (Å²) in [5.74, 6) is 4.83. The average molecular weight is 788 g/mol. The second-order valence-corrected chi connectivity index (χ2v) is 19.2. The maximum absolute atomic E-state index is 6.83. The molecule has 7 nitrogen and oxygen atoms in total. The molecule has 6 aliphatic rings. The SMILES string of the molecule is COc1cc(C[n+]2nn(C)c3c2C(C)(C)[C@@H]2CC[C@]4(C)[C@H](CC[C@@H]5[C@H]6[C@H]7OC[C@@]6(CCC7(C)C)CC[C@]54C)[C@@]2(C)C3)cc(OC)c1OC.[I-]. The van der Waals surface area contributed by atoms with Crippen molar-refractivity contribution in [3.05, 3.63) is 29.1 Å². The standard InChI is InChI=1S/C41H62N3O4.HI/c1-36(2)16-18-41-19-17-39(6)26(32(41)35(36)48-24-41)12-13-31-38(5)22-27-34(37(3,4)30(38)14-15-40(31,39)7)44(42-43(27)8)23-25-20-28(45-9)33(47-11)29(21-25)46-10;/h20-21,26,30-32,35H,12-19,22-24H2,1-11H3;1H/q+1;/p-1/t26-,30+,31-,32+,35-,38+,39-,40-,41-;/m1./s1. The second kappa shape index (κ2) is 11.5. The molecule has 0 radical (unpaired) electrons. The van der Waals surface area contributed by atoms with E-state index in [9.17, 15) is 0 Å². The Morgan fingerprint density at radius 3 is 2.16 bits per heavy atom. The van der Waals surface area contributed by atoms with E-state index in [1.54, 1.807) is 21.3 Å². The third kappa shape index (κ3) is 4.59. The van der Waals surface area contributed by atoms with Gasteiger partial charge in [-0.25, -0.2) is 0 Å². The fraction of sp³-hybridized carbons (Fsp3) is 0.805. The van der Waals surface area contributed by atoms with E-state index in [1.165, 1.54) is 62.8 Å². The van der Waals surface area contributed by atoms with Crippen LogP contribution in [0.2, 0.25) is 0 Å². The Labute approximate surface area is 312 Å². The number of hydrogen-bond acceptors (Lipinski definition) is 5. The first-order valence-corrected chi connectivity index (χ1v) is 19.0. The molecule has 8 heteroatoms. The quantitative estimate of drug-likeness (QED) is 0.326. The van der Waals surface area contributed by atoms with Gasteiger partial charge in [0.25, 0.3) is 0 Å². The van der Waals surface area contributed by atoms with Crippen molar-refractivity contribution in [3.63, 3.8) is 0 Å². The number of aromatic nitrogens is 3. The van der Waals surface area contributed by atoms with Gasteiger partial charge >= 0.3 is 0 Å². The van der Waals surface area contributed by atoms with Crippen LogP contribution in [0.15, 0.2) is 12.1 Å². The fourth-order valence-electron chi connectivity index (χ4n) is 14.3. The van der Waals surface area contributed by atoms with Crippen LogP contribution in [-0.2, 0) is 30.2 Å². The molecule has 1 aromatic carbocycles. The number of ether oxygens (including phenoxy) is 4. The first kappa shape index (κ1) is 35.8. The van der Waals surface area contributed by atoms with E-state index in [1.807, 2.05) is 0 Å². The Morgan fingerprint density at radius 1 is 0.837 bits per heavy atom. The Morgan fingerprint density at radius 2 is 1.51 bits per heavy atom. The van der Waals surface area contributed by atoms with Crippen molar-refractivity contribution in [1.29, 1.82) is 0 Å². The lowest BCUT2D eigenvalue weighted by molar-refractivity contribution is -0.757. The monoisotopic (exact) mass is 787 g/mol. The topological polar surface area (TPSA) is 58.6 Å². The highest BCUT2D eigenvalue weighted by atomic mass is 127. The fourth-order valence-corrected chi connectivity index (χ4v) is 14.3. The predicted molar refractivity (Wildman–Crippen MR) is 187 cm³/mol. The maximum Gasteiger partial charge on any atom is 0.203 e. The lowest BCUT2D eigenvalue weighted by Gasteiger charge is -2.72. The molecule has 2 aromatic rings. The van der Waals surface area contributed by atoms with Crippen molar-refractivity contribution in [2.24, 2.45) is 57.8 Å². The van der Waals surface area contributed by atoms with Gasteiger partial charge in [-0.1, -0.05) is 48.5 Å². The minimum Gasteiger partial charge on any atom is -1.00 e. The molecule has 1 aliphatic heterocycles. The van der Waals surface area contributed by atoms with Gasteiger partial charge in [0.2, 0.25) is 5.75 Å². The number of halogens is 1. The Balaban J connectivity index is 0.00000378. The summed E-state index contributed by atoms with van der Waals surface area (Å²) >= 11 is 0. The highest BCUT2D eigenvalue weighted by molar-refractivity contribution is 5.53. The molecule has 8 rings (SSSR count). The van der Waals surface area contributed by atoms with Crippen LogP contribution in [0.1, 0.15) is 117 Å². The van der Waals surface area contributed by atoms with Crippen molar-refractivity contribution in [1.82, 2.24) is 9.90 Å². The molecule has 0 amide bonds. The molecule has 5 aliphatic carbocycles. The Hall–Kier alpha value is -1.55. The summed E-state index contributed by atoms with van der Waals surface area (Å²) in [6.45, 7) is 20.0. The van der Waals surface area contributed by atoms with Crippen LogP contribution in [0.25, 0.3) is 0 Å². The van der Waals surface area contributed by atoms with E-state index >= 15 is 0 Å². The second-order valence-electron chi connectivity index (χ2n) is 19.2. The molecule has 2 bridgehead atoms. The molecule has 1 aromatic heterocycles. The van der Waals surface area contributed by atoms with Crippen LogP contribution in [0.4, 0.5) is 0 Å². The van der Waals surface area contributed by atoms with Gasteiger partial charge < -0.3 is 42.9 Å². The zero-order chi connectivity index (χ0) is 34.2. The molecule has 49 heavy (non-hydrogen) atoms. The highest BCUT2D eigenvalue weighted by Crippen LogP contribution is 2.77. The van der Waals surface area contributed by atoms with Gasteiger partial charge in [-0.05, 0) is 114 Å². The number of rotatable bonds is 5. The zero-order valence-corrected chi connectivity index (χ0v) is 34.3. The average Bonchev–Trinajstić information content (AvgIpc) is 3.54. The molecule has 4 saturated carbocycles. The number of aryl methyl sites for hydroxylation is 1. The van der Waals surface area contributed by atoms with Crippen LogP contribution in [-0.4, -0.2) is 43.9 Å². The number of nitrogens with zero attached hydrogens (tertiary/aromatic N) is 3. The van der Waals surface area contributed by atoms with E-state index in [0.717, 1.165) is 30.4 Å². The summed E-state index contributed by atoms with van der Waals surface area (Å²) in [6.07, 6.45) is 12.4. The van der Waals surface area contributed by atoms with Gasteiger partial charge in [-0.3, -0.25) is 0 Å². The first-order valence-electron chi connectivity index (χ1n) is 19.0. The normalized spacial score (nSPS) is 40.8. The molecule has 2 heterocycles. The number of methoxy groups -OCH3 is 3. The molecular weight excluding hydrogens is 725 g/mol. The van der Waals surface area contributed by atoms with E-state index in [4.69, 9.17) is 24.2 Å². The zero-order valence-electron chi connectivity index (χ0n) is 32.2. The van der Waals surface area contributed by atoms with E-state index in [2.05, 4.69) is 77.0 Å². The van der Waals surface area contributed by atoms with E-state index in [-0.39, 0.29) is 34.8 Å². The van der Waals surface area contributed by atoms with Crippen LogP contribution >= 0.6 is 0 Å². The van der Waals surface area contributed by atoms with Crippen LogP contribution < -0.4 is 42.9 Å². The first-order chi connectivity index (χ1) is 22.6. The summed E-state index contributed by atoms with van der Waals surface area (Å²) in [5, 5.41) is 5.21. The van der Waals surface area contributed by atoms with Gasteiger partial charge in [0, 0.05) is 17.4 Å². The van der Waals surface area contributed by atoms with Crippen LogP contribution in [0.3, 0.4) is 0 Å². The summed E-state index contributed by atoms with van der Waals surface area (Å²) in [6, 6.07) is 4.14. The number of fused-ring (bicyclic) bond motifs is 6. The van der Waals surface area contributed by atoms with E-state index < -0.39 is 0 Å². The summed E-state index contributed by atoms with van der Waals surface area (Å²) in [5.41, 5.74) is 5.58. The minimum absolute atomic E-state index is 0. The van der Waals surface area contributed by atoms with Crippen molar-refractivity contribution < 1.29 is 47.6 Å². The number of hydrogen-bond donors (Lipinski definition) is 0. The molecule has 0 spiro atoms. The van der Waals surface area contributed by atoms with Crippen molar-refractivity contribution >= 4 is 0 Å². The lowest BCUT2D eigenvalue weighted by Crippen LogP contribution is -3.00. The minimum atomic E-state index is -0.00666. The summed E-state index contributed by atoms with van der Waals surface area (Å²) in [7, 11) is 7.20. The molecule has 272 valence electrons. The molecule has 5 fully saturated rings. The molecule has 0 N–H and O–H groups in total. The van der Waals surface area contributed by atoms with Gasteiger partial charge in [0.05, 0.1) is 39.3 Å². The predicted octanol–water partition coefficient (Wildman–Crippen LogP) is 4.69. The van der Waals surface area contributed by atoms with Crippen molar-refractivity contribution in [2.45, 2.75) is 124 Å². The highest BCUT2D eigenvalue weighted by Gasteiger charge is 2.73. The van der Waals surface area contributed by atoms with E-state index in [0.29, 0.717) is 63.4 Å². The molecule has 0 unspecified atom stereocenters. The van der Waals surface area contributed by atoms with Crippen molar-refractivity contribution in [3.8, 4) is 17.2 Å². The van der Waals surface area contributed by atoms with Crippen LogP contribution in [0.5, 0.6) is 17.2 Å². The van der Waals surface area contributed by atoms with Gasteiger partial charge in [-0.15, -0.1) is 9.36 Å².